The minimum Gasteiger partial charge on any atom is -0.465 e. The molecule has 1 rings (SSSR count). The molecule has 108 valence electrons. The van der Waals surface area contributed by atoms with Crippen molar-refractivity contribution in [1.29, 1.82) is 0 Å². The molecule has 0 aromatic heterocycles. The van der Waals surface area contributed by atoms with E-state index in [1.165, 1.54) is 0 Å². The van der Waals surface area contributed by atoms with Gasteiger partial charge < -0.3 is 15.2 Å². The minimum absolute atomic E-state index is 0. The van der Waals surface area contributed by atoms with Crippen LogP contribution in [0.1, 0.15) is 33.1 Å². The van der Waals surface area contributed by atoms with Crippen LogP contribution in [-0.4, -0.2) is 32.3 Å². The molecule has 1 unspecified atom stereocenters. The second-order valence-corrected chi connectivity index (χ2v) is 5.35. The van der Waals surface area contributed by atoms with Gasteiger partial charge in [0.15, 0.2) is 0 Å². The topological polar surface area (TPSA) is 61.6 Å². The Morgan fingerprint density at radius 1 is 1.50 bits per heavy atom. The Hall–Kier alpha value is -0.320. The van der Waals surface area contributed by atoms with Crippen LogP contribution >= 0.6 is 12.4 Å². The maximum Gasteiger partial charge on any atom is 0.306 e. The lowest BCUT2D eigenvalue weighted by molar-refractivity contribution is -0.146. The van der Waals surface area contributed by atoms with Crippen molar-refractivity contribution in [3.8, 4) is 0 Å². The van der Waals surface area contributed by atoms with Crippen molar-refractivity contribution in [2.45, 2.75) is 33.1 Å². The lowest BCUT2D eigenvalue weighted by atomic mass is 9.94. The molecule has 4 nitrogen and oxygen atoms in total. The van der Waals surface area contributed by atoms with Gasteiger partial charge >= 0.3 is 5.97 Å². The van der Waals surface area contributed by atoms with Crippen molar-refractivity contribution < 1.29 is 14.3 Å². The summed E-state index contributed by atoms with van der Waals surface area (Å²) in [6.45, 7) is 6.85. The van der Waals surface area contributed by atoms with Gasteiger partial charge in [-0.15, -0.1) is 12.4 Å². The highest BCUT2D eigenvalue weighted by Gasteiger charge is 2.19. The predicted octanol–water partition coefficient (Wildman–Crippen LogP) is 2.00. The Morgan fingerprint density at radius 3 is 2.72 bits per heavy atom. The molecule has 0 aromatic carbocycles. The molecule has 2 atom stereocenters. The fourth-order valence-electron chi connectivity index (χ4n) is 2.15. The third-order valence-electron chi connectivity index (χ3n) is 3.10. The number of halogens is 1. The van der Waals surface area contributed by atoms with Crippen LogP contribution in [0.2, 0.25) is 0 Å². The highest BCUT2D eigenvalue weighted by atomic mass is 35.5. The molecule has 1 heterocycles. The van der Waals surface area contributed by atoms with Crippen LogP contribution in [0.3, 0.4) is 0 Å². The standard InChI is InChI=1S/C13H25NO3.ClH/c1-10(2)5-12(7-14)6-13(15)17-9-11-3-4-16-8-11;/h10-12H,3-9,14H2,1-2H3;1H/t11?,12-;/m0./s1. The average Bonchev–Trinajstić information content (AvgIpc) is 2.77. The summed E-state index contributed by atoms with van der Waals surface area (Å²) in [5.74, 6) is 1.09. The lowest BCUT2D eigenvalue weighted by Gasteiger charge is -2.16. The van der Waals surface area contributed by atoms with Crippen LogP contribution in [-0.2, 0) is 14.3 Å². The molecule has 2 N–H and O–H groups in total. The van der Waals surface area contributed by atoms with E-state index in [9.17, 15) is 4.79 Å². The number of carbonyl (C=O) groups is 1. The van der Waals surface area contributed by atoms with Crippen molar-refractivity contribution in [3.63, 3.8) is 0 Å². The number of esters is 1. The first kappa shape index (κ1) is 17.7. The first-order valence-corrected chi connectivity index (χ1v) is 6.55. The third kappa shape index (κ3) is 7.19. The van der Waals surface area contributed by atoms with Gasteiger partial charge in [-0.3, -0.25) is 4.79 Å². The van der Waals surface area contributed by atoms with Crippen LogP contribution in [0.25, 0.3) is 0 Å². The summed E-state index contributed by atoms with van der Waals surface area (Å²) in [6, 6.07) is 0. The van der Waals surface area contributed by atoms with Gasteiger partial charge in [0.2, 0.25) is 0 Å². The maximum atomic E-state index is 11.6. The van der Waals surface area contributed by atoms with Gasteiger partial charge in [0, 0.05) is 18.9 Å². The molecule has 0 saturated carbocycles. The zero-order valence-electron chi connectivity index (χ0n) is 11.4. The fraction of sp³-hybridized carbons (Fsp3) is 0.923. The maximum absolute atomic E-state index is 11.6. The molecular formula is C13H26ClNO3. The van der Waals surface area contributed by atoms with Crippen molar-refractivity contribution in [3.05, 3.63) is 0 Å². The van der Waals surface area contributed by atoms with E-state index in [-0.39, 0.29) is 24.3 Å². The van der Waals surface area contributed by atoms with Gasteiger partial charge in [0.05, 0.1) is 13.2 Å². The van der Waals surface area contributed by atoms with E-state index in [0.717, 1.165) is 26.1 Å². The van der Waals surface area contributed by atoms with Gasteiger partial charge in [-0.2, -0.15) is 0 Å². The molecule has 0 spiro atoms. The summed E-state index contributed by atoms with van der Waals surface area (Å²) in [5.41, 5.74) is 5.66. The number of ether oxygens (including phenoxy) is 2. The molecule has 1 saturated heterocycles. The first-order chi connectivity index (χ1) is 8.11. The highest BCUT2D eigenvalue weighted by molar-refractivity contribution is 5.85. The molecule has 0 radical (unpaired) electrons. The molecule has 1 aliphatic heterocycles. The van der Waals surface area contributed by atoms with Gasteiger partial charge in [-0.25, -0.2) is 0 Å². The summed E-state index contributed by atoms with van der Waals surface area (Å²) in [6.07, 6.45) is 2.43. The Bertz CT molecular complexity index is 230. The van der Waals surface area contributed by atoms with Crippen LogP contribution in [0.4, 0.5) is 0 Å². The second kappa shape index (κ2) is 9.59. The van der Waals surface area contributed by atoms with E-state index in [2.05, 4.69) is 13.8 Å². The van der Waals surface area contributed by atoms with E-state index >= 15 is 0 Å². The van der Waals surface area contributed by atoms with Crippen LogP contribution in [0.15, 0.2) is 0 Å². The summed E-state index contributed by atoms with van der Waals surface area (Å²) in [5, 5.41) is 0. The van der Waals surface area contributed by atoms with E-state index in [1.807, 2.05) is 0 Å². The van der Waals surface area contributed by atoms with Gasteiger partial charge in [0.1, 0.15) is 0 Å². The van der Waals surface area contributed by atoms with Crippen molar-refractivity contribution >= 4 is 18.4 Å². The molecule has 1 fully saturated rings. The van der Waals surface area contributed by atoms with Gasteiger partial charge in [-0.1, -0.05) is 13.8 Å². The monoisotopic (exact) mass is 279 g/mol. The highest BCUT2D eigenvalue weighted by Crippen LogP contribution is 2.16. The van der Waals surface area contributed by atoms with Crippen molar-refractivity contribution in [2.24, 2.45) is 23.5 Å². The molecule has 5 heteroatoms. The first-order valence-electron chi connectivity index (χ1n) is 6.55. The molecule has 0 bridgehead atoms. The zero-order valence-corrected chi connectivity index (χ0v) is 12.2. The van der Waals surface area contributed by atoms with Gasteiger partial charge in [-0.05, 0) is 31.2 Å². The van der Waals surface area contributed by atoms with E-state index in [4.69, 9.17) is 15.2 Å². The Labute approximate surface area is 116 Å². The molecule has 1 aliphatic rings. The molecule has 0 aromatic rings. The number of carbonyl (C=O) groups excluding carboxylic acids is 1. The number of hydrogen-bond donors (Lipinski definition) is 1. The number of nitrogens with two attached hydrogens (primary N) is 1. The summed E-state index contributed by atoms with van der Waals surface area (Å²) >= 11 is 0. The lowest BCUT2D eigenvalue weighted by Crippen LogP contribution is -2.22. The van der Waals surface area contributed by atoms with Crippen LogP contribution in [0, 0.1) is 17.8 Å². The Kier molecular flexibility index (Phi) is 9.42. The third-order valence-corrected chi connectivity index (χ3v) is 3.10. The molecule has 18 heavy (non-hydrogen) atoms. The smallest absolute Gasteiger partial charge is 0.306 e. The normalized spacial score (nSPS) is 20.6. The average molecular weight is 280 g/mol. The van der Waals surface area contributed by atoms with Crippen molar-refractivity contribution in [2.75, 3.05) is 26.4 Å². The second-order valence-electron chi connectivity index (χ2n) is 5.35. The van der Waals surface area contributed by atoms with Crippen LogP contribution < -0.4 is 5.73 Å². The number of hydrogen-bond acceptors (Lipinski definition) is 4. The Balaban J connectivity index is 0.00000289. The molecular weight excluding hydrogens is 254 g/mol. The zero-order chi connectivity index (χ0) is 12.7. The SMILES string of the molecule is CC(C)C[C@H](CN)CC(=O)OCC1CCOC1.Cl. The summed E-state index contributed by atoms with van der Waals surface area (Å²) < 4.78 is 10.5. The summed E-state index contributed by atoms with van der Waals surface area (Å²) in [7, 11) is 0. The Morgan fingerprint density at radius 2 is 2.22 bits per heavy atom. The quantitative estimate of drug-likeness (QED) is 0.724. The van der Waals surface area contributed by atoms with Crippen LogP contribution in [0.5, 0.6) is 0 Å². The fourth-order valence-corrected chi connectivity index (χ4v) is 2.15. The van der Waals surface area contributed by atoms with Gasteiger partial charge in [0.25, 0.3) is 0 Å². The van der Waals surface area contributed by atoms with E-state index < -0.39 is 0 Å². The molecule has 0 aliphatic carbocycles. The number of rotatable bonds is 7. The predicted molar refractivity (Wildman–Crippen MR) is 73.7 cm³/mol. The van der Waals surface area contributed by atoms with Crippen molar-refractivity contribution in [1.82, 2.24) is 0 Å². The largest absolute Gasteiger partial charge is 0.465 e. The minimum atomic E-state index is -0.118. The summed E-state index contributed by atoms with van der Waals surface area (Å²) in [4.78, 5) is 11.6. The van der Waals surface area contributed by atoms with E-state index in [0.29, 0.717) is 31.4 Å². The molecule has 0 amide bonds. The van der Waals surface area contributed by atoms with E-state index in [1.54, 1.807) is 0 Å².